The minimum Gasteiger partial charge on any atom is -0.458 e. The standard InChI is InChI=1S/C18H20N2O3S/c1-12(21)20-18(2,14-8-9-14)17(22)23-11-15-10-19-16(24-15)13-6-4-3-5-7-13/h3-7,10,14H,8-9,11H2,1-2H3,(H,20,21)/t18-/m1/s1. The van der Waals surface area contributed by atoms with Crippen LogP contribution in [0.1, 0.15) is 31.6 Å². The van der Waals surface area contributed by atoms with E-state index in [9.17, 15) is 9.59 Å². The molecule has 2 aromatic rings. The third kappa shape index (κ3) is 3.64. The van der Waals surface area contributed by atoms with Crippen molar-refractivity contribution >= 4 is 23.2 Å². The highest BCUT2D eigenvalue weighted by molar-refractivity contribution is 7.15. The molecule has 1 heterocycles. The fourth-order valence-corrected chi connectivity index (χ4v) is 3.55. The van der Waals surface area contributed by atoms with Crippen LogP contribution in [0.25, 0.3) is 10.6 Å². The smallest absolute Gasteiger partial charge is 0.332 e. The average Bonchev–Trinajstić information content (AvgIpc) is 3.32. The Balaban J connectivity index is 1.64. The maximum Gasteiger partial charge on any atom is 0.332 e. The van der Waals surface area contributed by atoms with Crippen LogP contribution in [0.15, 0.2) is 36.5 Å². The second kappa shape index (κ2) is 6.73. The van der Waals surface area contributed by atoms with Crippen molar-refractivity contribution in [2.24, 2.45) is 5.92 Å². The molecule has 5 nitrogen and oxygen atoms in total. The molecule has 3 rings (SSSR count). The number of ether oxygens (including phenoxy) is 1. The molecule has 24 heavy (non-hydrogen) atoms. The van der Waals surface area contributed by atoms with Crippen LogP contribution in [0.3, 0.4) is 0 Å². The Morgan fingerprint density at radius 2 is 2.04 bits per heavy atom. The lowest BCUT2D eigenvalue weighted by Gasteiger charge is -2.27. The minimum atomic E-state index is -0.932. The lowest BCUT2D eigenvalue weighted by Crippen LogP contribution is -2.54. The number of carbonyl (C=O) groups excluding carboxylic acids is 2. The lowest BCUT2D eigenvalue weighted by molar-refractivity contribution is -0.155. The van der Waals surface area contributed by atoms with E-state index in [4.69, 9.17) is 4.74 Å². The molecule has 1 aliphatic rings. The van der Waals surface area contributed by atoms with Gasteiger partial charge in [-0.2, -0.15) is 0 Å². The van der Waals surface area contributed by atoms with Crippen molar-refractivity contribution in [2.45, 2.75) is 38.8 Å². The van der Waals surface area contributed by atoms with E-state index in [2.05, 4.69) is 10.3 Å². The van der Waals surface area contributed by atoms with Crippen LogP contribution in [0.5, 0.6) is 0 Å². The molecule has 1 amide bonds. The number of carbonyl (C=O) groups is 2. The van der Waals surface area contributed by atoms with Gasteiger partial charge in [0.1, 0.15) is 17.2 Å². The summed E-state index contributed by atoms with van der Waals surface area (Å²) in [5.74, 6) is -0.435. The zero-order valence-electron chi connectivity index (χ0n) is 13.7. The van der Waals surface area contributed by atoms with E-state index in [1.807, 2.05) is 30.3 Å². The summed E-state index contributed by atoms with van der Waals surface area (Å²) >= 11 is 1.50. The monoisotopic (exact) mass is 344 g/mol. The van der Waals surface area contributed by atoms with E-state index in [0.717, 1.165) is 28.3 Å². The van der Waals surface area contributed by atoms with Gasteiger partial charge in [0.25, 0.3) is 0 Å². The topological polar surface area (TPSA) is 68.3 Å². The largest absolute Gasteiger partial charge is 0.458 e. The molecule has 0 radical (unpaired) electrons. The van der Waals surface area contributed by atoms with Gasteiger partial charge in [0.2, 0.25) is 5.91 Å². The van der Waals surface area contributed by atoms with Gasteiger partial charge in [0.15, 0.2) is 0 Å². The fourth-order valence-electron chi connectivity index (χ4n) is 2.72. The van der Waals surface area contributed by atoms with Crippen molar-refractivity contribution in [3.63, 3.8) is 0 Å². The van der Waals surface area contributed by atoms with E-state index in [1.165, 1.54) is 18.3 Å². The maximum absolute atomic E-state index is 12.5. The third-order valence-corrected chi connectivity index (χ3v) is 5.19. The highest BCUT2D eigenvalue weighted by Crippen LogP contribution is 2.40. The number of benzene rings is 1. The zero-order chi connectivity index (χ0) is 17.2. The van der Waals surface area contributed by atoms with Crippen molar-refractivity contribution in [2.75, 3.05) is 0 Å². The average molecular weight is 344 g/mol. The van der Waals surface area contributed by atoms with Gasteiger partial charge in [0, 0.05) is 18.7 Å². The molecule has 0 bridgehead atoms. The summed E-state index contributed by atoms with van der Waals surface area (Å²) in [5.41, 5.74) is 0.111. The second-order valence-corrected chi connectivity index (χ2v) is 7.35. The van der Waals surface area contributed by atoms with E-state index >= 15 is 0 Å². The second-order valence-electron chi connectivity index (χ2n) is 6.23. The molecule has 1 N–H and O–H groups in total. The van der Waals surface area contributed by atoms with E-state index < -0.39 is 5.54 Å². The van der Waals surface area contributed by atoms with Gasteiger partial charge in [-0.05, 0) is 25.7 Å². The normalized spacial score (nSPS) is 16.2. The van der Waals surface area contributed by atoms with Crippen molar-refractivity contribution in [1.29, 1.82) is 0 Å². The van der Waals surface area contributed by atoms with Crippen molar-refractivity contribution in [1.82, 2.24) is 10.3 Å². The summed E-state index contributed by atoms with van der Waals surface area (Å²) in [6.45, 7) is 3.34. The summed E-state index contributed by atoms with van der Waals surface area (Å²) in [4.78, 5) is 29.1. The molecule has 6 heteroatoms. The molecule has 1 fully saturated rings. The molecule has 1 atom stereocenters. The number of nitrogens with one attached hydrogen (secondary N) is 1. The maximum atomic E-state index is 12.5. The number of rotatable bonds is 6. The van der Waals surface area contributed by atoms with Gasteiger partial charge in [-0.25, -0.2) is 9.78 Å². The predicted molar refractivity (Wildman–Crippen MR) is 92.3 cm³/mol. The molecule has 0 spiro atoms. The summed E-state index contributed by atoms with van der Waals surface area (Å²) in [7, 11) is 0. The van der Waals surface area contributed by atoms with Crippen LogP contribution in [-0.2, 0) is 20.9 Å². The van der Waals surface area contributed by atoms with Crippen LogP contribution in [0.4, 0.5) is 0 Å². The molecule has 126 valence electrons. The molecule has 0 saturated heterocycles. The van der Waals surface area contributed by atoms with Crippen molar-refractivity contribution < 1.29 is 14.3 Å². The number of hydrogen-bond donors (Lipinski definition) is 1. The molecule has 0 unspecified atom stereocenters. The van der Waals surface area contributed by atoms with E-state index in [0.29, 0.717) is 0 Å². The number of nitrogens with zero attached hydrogens (tertiary/aromatic N) is 1. The Hall–Kier alpha value is -2.21. The van der Waals surface area contributed by atoms with Gasteiger partial charge >= 0.3 is 5.97 Å². The molecular formula is C18H20N2O3S. The Bertz CT molecular complexity index is 740. The first-order valence-corrected chi connectivity index (χ1v) is 8.77. The number of hydrogen-bond acceptors (Lipinski definition) is 5. The van der Waals surface area contributed by atoms with Crippen molar-refractivity contribution in [3.05, 3.63) is 41.4 Å². The summed E-state index contributed by atoms with van der Waals surface area (Å²) in [5, 5.41) is 3.66. The van der Waals surface area contributed by atoms with Crippen LogP contribution >= 0.6 is 11.3 Å². The Morgan fingerprint density at radius 3 is 2.67 bits per heavy atom. The summed E-state index contributed by atoms with van der Waals surface area (Å²) in [6.07, 6.45) is 3.60. The van der Waals surface area contributed by atoms with E-state index in [-0.39, 0.29) is 24.4 Å². The first-order chi connectivity index (χ1) is 11.5. The molecule has 1 aliphatic carbocycles. The number of amides is 1. The third-order valence-electron chi connectivity index (χ3n) is 4.17. The molecule has 1 saturated carbocycles. The van der Waals surface area contributed by atoms with Gasteiger partial charge in [-0.15, -0.1) is 11.3 Å². The Labute approximate surface area is 145 Å². The molecular weight excluding hydrogens is 324 g/mol. The SMILES string of the molecule is CC(=O)N[C@@](C)(C(=O)OCc1cnc(-c2ccccc2)s1)C1CC1. The molecule has 1 aromatic heterocycles. The van der Waals surface area contributed by atoms with Crippen LogP contribution in [0, 0.1) is 5.92 Å². The lowest BCUT2D eigenvalue weighted by atomic mass is 9.96. The quantitative estimate of drug-likeness (QED) is 0.817. The van der Waals surface area contributed by atoms with E-state index in [1.54, 1.807) is 13.1 Å². The van der Waals surface area contributed by atoms with Crippen LogP contribution < -0.4 is 5.32 Å². The molecule has 1 aromatic carbocycles. The zero-order valence-corrected chi connectivity index (χ0v) is 14.6. The van der Waals surface area contributed by atoms with Crippen LogP contribution in [0.2, 0.25) is 0 Å². The summed E-state index contributed by atoms with van der Waals surface area (Å²) < 4.78 is 5.46. The Kier molecular flexibility index (Phi) is 4.66. The highest BCUT2D eigenvalue weighted by atomic mass is 32.1. The first-order valence-electron chi connectivity index (χ1n) is 7.95. The van der Waals surface area contributed by atoms with Gasteiger partial charge in [0.05, 0.1) is 4.88 Å². The minimum absolute atomic E-state index is 0.162. The molecule has 0 aliphatic heterocycles. The van der Waals surface area contributed by atoms with Crippen LogP contribution in [-0.4, -0.2) is 22.4 Å². The number of esters is 1. The van der Waals surface area contributed by atoms with Gasteiger partial charge < -0.3 is 10.1 Å². The number of thiazole rings is 1. The number of aromatic nitrogens is 1. The Morgan fingerprint density at radius 1 is 1.33 bits per heavy atom. The first kappa shape index (κ1) is 16.6. The predicted octanol–water partition coefficient (Wildman–Crippen LogP) is 3.16. The fraction of sp³-hybridized carbons (Fsp3) is 0.389. The van der Waals surface area contributed by atoms with Gasteiger partial charge in [-0.1, -0.05) is 30.3 Å². The van der Waals surface area contributed by atoms with Crippen molar-refractivity contribution in [3.8, 4) is 10.6 Å². The van der Waals surface area contributed by atoms with Gasteiger partial charge in [-0.3, -0.25) is 4.79 Å². The summed E-state index contributed by atoms with van der Waals surface area (Å²) in [6, 6.07) is 9.88. The highest BCUT2D eigenvalue weighted by Gasteiger charge is 2.49.